The number of rotatable bonds is 6. The molecule has 0 aromatic heterocycles. The van der Waals surface area contributed by atoms with Crippen LogP contribution in [0.25, 0.3) is 0 Å². The summed E-state index contributed by atoms with van der Waals surface area (Å²) < 4.78 is 32.9. The molecule has 0 unspecified atom stereocenters. The van der Waals surface area contributed by atoms with Gasteiger partial charge in [-0.15, -0.1) is 0 Å². The Morgan fingerprint density at radius 2 is 1.69 bits per heavy atom. The molecule has 2 amide bonds. The maximum Gasteiger partial charge on any atom is 0.321 e. The van der Waals surface area contributed by atoms with Crippen molar-refractivity contribution in [2.45, 2.75) is 50.1 Å². The molecule has 8 nitrogen and oxygen atoms in total. The van der Waals surface area contributed by atoms with Gasteiger partial charge in [0.25, 0.3) is 0 Å². The lowest BCUT2D eigenvalue weighted by Crippen LogP contribution is -2.72. The summed E-state index contributed by atoms with van der Waals surface area (Å²) in [6.45, 7) is 5.59. The van der Waals surface area contributed by atoms with Crippen molar-refractivity contribution in [3.8, 4) is 17.6 Å². The van der Waals surface area contributed by atoms with Crippen LogP contribution in [0.2, 0.25) is 0 Å². The number of carbonyl (C=O) groups excluding carboxylic acids is 1. The molecule has 0 bridgehead atoms. The topological polar surface area (TPSA) is 88.5 Å². The second-order valence-electron chi connectivity index (χ2n) is 12.1. The maximum absolute atomic E-state index is 14.1. The molecule has 2 heterocycles. The fourth-order valence-electron chi connectivity index (χ4n) is 6.03. The number of halogens is 2. The van der Waals surface area contributed by atoms with Gasteiger partial charge in [0, 0.05) is 54.9 Å². The highest BCUT2D eigenvalue weighted by atomic mass is 19.2. The summed E-state index contributed by atoms with van der Waals surface area (Å²) in [7, 11) is 3.63. The van der Waals surface area contributed by atoms with Crippen molar-refractivity contribution in [1.29, 1.82) is 0 Å². The number of aliphatic hydroxyl groups excluding tert-OH is 2. The Morgan fingerprint density at radius 1 is 1.00 bits per heavy atom. The summed E-state index contributed by atoms with van der Waals surface area (Å²) in [6, 6.07) is 18.5. The number of ether oxygens (including phenoxy) is 1. The minimum atomic E-state index is -1.10. The van der Waals surface area contributed by atoms with Crippen molar-refractivity contribution in [2.75, 3.05) is 45.7 Å². The Bertz CT molecular complexity index is 1540. The van der Waals surface area contributed by atoms with E-state index in [-0.39, 0.29) is 42.7 Å². The molecule has 2 aliphatic heterocycles. The highest BCUT2D eigenvalue weighted by Crippen LogP contribution is 2.43. The molecule has 2 saturated heterocycles. The summed E-state index contributed by atoms with van der Waals surface area (Å²) in [5.74, 6) is 4.42. The van der Waals surface area contributed by atoms with E-state index >= 15 is 0 Å². The molecule has 0 aliphatic carbocycles. The van der Waals surface area contributed by atoms with Crippen molar-refractivity contribution in [1.82, 2.24) is 14.7 Å². The van der Waals surface area contributed by atoms with Gasteiger partial charge in [0.05, 0.1) is 31.4 Å². The van der Waals surface area contributed by atoms with E-state index in [0.29, 0.717) is 29.6 Å². The Labute approximate surface area is 263 Å². The maximum atomic E-state index is 14.1. The number of β-amino-alcohol motifs (C(OH)–C–C–N with tert-alkyl or cyclic N) is 1. The number of fused-ring (bicyclic) bond motifs is 1. The highest BCUT2D eigenvalue weighted by molar-refractivity contribution is 5.89. The first kappa shape index (κ1) is 32.4. The number of amides is 2. The SMILES string of the molecule is COc1ccc(NC(=O)N2C[C@@H](O)[C@@H](O)CN3[C@H](CN(C)C(C)C)[C@H](c4ccc(C#Cc5cccc(F)c5F)cc4)[C@@H]3C2)cc1. The standard InChI is InChI=1S/C35H40F2N4O4/c1-22(2)39(3)18-29-33(24-11-8-23(9-12-24)10-13-25-6-5-7-28(36)34(25)37)30-19-40(20-31(42)32(43)21-41(29)30)35(44)38-26-14-16-27(45-4)17-15-26/h5-9,11-12,14-17,22,29-33,42-43H,18-21H2,1-4H3,(H,38,44)/t29-,30+,31-,32+,33+/m1/s1. The Balaban J connectivity index is 1.41. The number of anilines is 1. The summed E-state index contributed by atoms with van der Waals surface area (Å²) in [4.78, 5) is 19.5. The van der Waals surface area contributed by atoms with Gasteiger partial charge in [-0.2, -0.15) is 0 Å². The van der Waals surface area contributed by atoms with Crippen LogP contribution < -0.4 is 10.1 Å². The smallest absolute Gasteiger partial charge is 0.321 e. The number of urea groups is 1. The molecule has 238 valence electrons. The minimum absolute atomic E-state index is 0.00577. The normalized spacial score (nSPS) is 23.3. The van der Waals surface area contributed by atoms with Crippen molar-refractivity contribution in [2.24, 2.45) is 0 Å². The third-order valence-electron chi connectivity index (χ3n) is 8.91. The molecule has 10 heteroatoms. The van der Waals surface area contributed by atoms with Crippen LogP contribution in [-0.2, 0) is 0 Å². The van der Waals surface area contributed by atoms with E-state index in [1.165, 1.54) is 12.1 Å². The lowest BCUT2D eigenvalue weighted by Gasteiger charge is -2.59. The average Bonchev–Trinajstić information content (AvgIpc) is 3.03. The number of methoxy groups -OCH3 is 1. The lowest BCUT2D eigenvalue weighted by molar-refractivity contribution is -0.107. The van der Waals surface area contributed by atoms with Gasteiger partial charge in [-0.1, -0.05) is 30.0 Å². The van der Waals surface area contributed by atoms with Gasteiger partial charge >= 0.3 is 6.03 Å². The van der Waals surface area contributed by atoms with Crippen molar-refractivity contribution < 1.29 is 28.5 Å². The Morgan fingerprint density at radius 3 is 2.36 bits per heavy atom. The zero-order valence-electron chi connectivity index (χ0n) is 26.0. The first-order valence-electron chi connectivity index (χ1n) is 15.1. The van der Waals surface area contributed by atoms with Gasteiger partial charge in [0.15, 0.2) is 11.6 Å². The number of benzene rings is 3. The first-order valence-corrected chi connectivity index (χ1v) is 15.1. The molecule has 0 spiro atoms. The Kier molecular flexibility index (Phi) is 10.0. The fourth-order valence-corrected chi connectivity index (χ4v) is 6.03. The monoisotopic (exact) mass is 618 g/mol. The predicted octanol–water partition coefficient (Wildman–Crippen LogP) is 4.12. The van der Waals surface area contributed by atoms with Gasteiger partial charge in [-0.25, -0.2) is 13.6 Å². The number of likely N-dealkylation sites (N-methyl/N-ethyl adjacent to an activating group) is 1. The molecular weight excluding hydrogens is 578 g/mol. The molecular formula is C35H40F2N4O4. The number of aliphatic hydroxyl groups is 2. The Hall–Kier alpha value is -4.01. The van der Waals surface area contributed by atoms with Crippen LogP contribution in [0.1, 0.15) is 36.5 Å². The summed E-state index contributed by atoms with van der Waals surface area (Å²) in [5.41, 5.74) is 2.29. The molecule has 0 radical (unpaired) electrons. The van der Waals surface area contributed by atoms with Crippen LogP contribution in [0.15, 0.2) is 66.7 Å². The number of carbonyl (C=O) groups is 1. The van der Waals surface area contributed by atoms with Crippen LogP contribution in [0.3, 0.4) is 0 Å². The van der Waals surface area contributed by atoms with E-state index < -0.39 is 23.8 Å². The number of nitrogens with zero attached hydrogens (tertiary/aromatic N) is 3. The molecule has 0 saturated carbocycles. The van der Waals surface area contributed by atoms with Crippen LogP contribution in [0, 0.1) is 23.5 Å². The molecule has 45 heavy (non-hydrogen) atoms. The quantitative estimate of drug-likeness (QED) is 0.361. The average molecular weight is 619 g/mol. The number of nitrogens with one attached hydrogen (secondary N) is 1. The molecule has 5 atom stereocenters. The van der Waals surface area contributed by atoms with Crippen LogP contribution >= 0.6 is 0 Å². The number of hydrogen-bond acceptors (Lipinski definition) is 6. The molecule has 2 fully saturated rings. The van der Waals surface area contributed by atoms with Crippen molar-refractivity contribution in [3.05, 3.63) is 95.1 Å². The van der Waals surface area contributed by atoms with Crippen LogP contribution in [0.4, 0.5) is 19.3 Å². The van der Waals surface area contributed by atoms with Gasteiger partial charge < -0.3 is 30.1 Å². The molecule has 3 aromatic carbocycles. The minimum Gasteiger partial charge on any atom is -0.497 e. The van der Waals surface area contributed by atoms with E-state index in [1.807, 2.05) is 24.3 Å². The van der Waals surface area contributed by atoms with E-state index in [2.05, 4.69) is 47.9 Å². The van der Waals surface area contributed by atoms with Crippen molar-refractivity contribution in [3.63, 3.8) is 0 Å². The van der Waals surface area contributed by atoms with Gasteiger partial charge in [0.1, 0.15) is 5.75 Å². The second kappa shape index (κ2) is 14.0. The molecule has 3 N–H and O–H groups in total. The molecule has 5 rings (SSSR count). The third-order valence-corrected chi connectivity index (χ3v) is 8.91. The predicted molar refractivity (Wildman–Crippen MR) is 169 cm³/mol. The lowest BCUT2D eigenvalue weighted by atomic mass is 9.73. The fraction of sp³-hybridized carbons (Fsp3) is 0.400. The summed E-state index contributed by atoms with van der Waals surface area (Å²) >= 11 is 0. The summed E-state index contributed by atoms with van der Waals surface area (Å²) in [5, 5.41) is 24.7. The van der Waals surface area contributed by atoms with Gasteiger partial charge in [-0.05, 0) is 75.0 Å². The van der Waals surface area contributed by atoms with Crippen LogP contribution in [0.5, 0.6) is 5.75 Å². The van der Waals surface area contributed by atoms with Gasteiger partial charge in [-0.3, -0.25) is 4.90 Å². The molecule has 3 aromatic rings. The van der Waals surface area contributed by atoms with Crippen molar-refractivity contribution >= 4 is 11.7 Å². The first-order chi connectivity index (χ1) is 21.5. The zero-order valence-corrected chi connectivity index (χ0v) is 26.0. The highest BCUT2D eigenvalue weighted by Gasteiger charge is 2.52. The van der Waals surface area contributed by atoms with Gasteiger partial charge in [0.2, 0.25) is 0 Å². The second-order valence-corrected chi connectivity index (χ2v) is 12.1. The largest absolute Gasteiger partial charge is 0.497 e. The van der Waals surface area contributed by atoms with Crippen LogP contribution in [-0.4, -0.2) is 102 Å². The van der Waals surface area contributed by atoms with E-state index in [4.69, 9.17) is 4.74 Å². The van der Waals surface area contributed by atoms with E-state index in [1.54, 1.807) is 36.3 Å². The summed E-state index contributed by atoms with van der Waals surface area (Å²) in [6.07, 6.45) is -2.13. The number of hydrogen-bond donors (Lipinski definition) is 3. The molecule has 2 aliphatic rings. The van der Waals surface area contributed by atoms with E-state index in [9.17, 15) is 23.8 Å². The zero-order chi connectivity index (χ0) is 32.2. The van der Waals surface area contributed by atoms with E-state index in [0.717, 1.165) is 18.2 Å². The third kappa shape index (κ3) is 7.29.